The number of ether oxygens (including phenoxy) is 1. The van der Waals surface area contributed by atoms with Crippen molar-refractivity contribution in [3.8, 4) is 0 Å². The highest BCUT2D eigenvalue weighted by Gasteiger charge is 2.45. The van der Waals surface area contributed by atoms with Gasteiger partial charge in [-0.2, -0.15) is 5.10 Å². The molecule has 170 valence electrons. The third-order valence-corrected chi connectivity index (χ3v) is 5.73. The molecule has 2 aromatic carbocycles. The fraction of sp³-hybridized carbons (Fsp3) is 0.292. The molecule has 1 unspecified atom stereocenters. The Morgan fingerprint density at radius 2 is 1.70 bits per heavy atom. The lowest BCUT2D eigenvalue weighted by Crippen LogP contribution is -2.60. The number of benzene rings is 2. The van der Waals surface area contributed by atoms with Crippen molar-refractivity contribution in [1.82, 2.24) is 9.78 Å². The summed E-state index contributed by atoms with van der Waals surface area (Å²) >= 11 is 0. The number of aromatic nitrogens is 2. The fourth-order valence-electron chi connectivity index (χ4n) is 3.96. The van der Waals surface area contributed by atoms with Gasteiger partial charge in [-0.25, -0.2) is 4.68 Å². The number of para-hydroxylation sites is 2. The Morgan fingerprint density at radius 3 is 2.42 bits per heavy atom. The Kier molecular flexibility index (Phi) is 5.49. The fourth-order valence-corrected chi connectivity index (χ4v) is 3.96. The number of carbonyl (C=O) groups excluding carboxylic acids is 3. The number of aryl methyl sites for hydroxylation is 1. The average molecular weight is 448 g/mol. The van der Waals surface area contributed by atoms with Gasteiger partial charge in [0.2, 0.25) is 5.91 Å². The summed E-state index contributed by atoms with van der Waals surface area (Å²) in [5.74, 6) is -1.53. The monoisotopic (exact) mass is 448 g/mol. The zero-order valence-corrected chi connectivity index (χ0v) is 18.8. The highest BCUT2D eigenvalue weighted by molar-refractivity contribution is 6.15. The molecule has 4 rings (SSSR count). The van der Waals surface area contributed by atoms with E-state index in [0.29, 0.717) is 27.8 Å². The number of nitrogens with zero attached hydrogens (tertiary/aromatic N) is 3. The van der Waals surface area contributed by atoms with Gasteiger partial charge in [0.15, 0.2) is 6.10 Å². The van der Waals surface area contributed by atoms with Crippen LogP contribution in [0.3, 0.4) is 0 Å². The van der Waals surface area contributed by atoms with Crippen molar-refractivity contribution < 1.29 is 19.1 Å². The molecule has 1 aliphatic rings. The Bertz CT molecular complexity index is 1340. The molecule has 0 aliphatic carbocycles. The molecule has 33 heavy (non-hydrogen) atoms. The number of hydrogen-bond acceptors (Lipinski definition) is 6. The molecule has 0 radical (unpaired) electrons. The third-order valence-electron chi connectivity index (χ3n) is 5.73. The summed E-state index contributed by atoms with van der Waals surface area (Å²) in [6.45, 7) is 4.73. The Balaban J connectivity index is 1.57. The lowest BCUT2D eigenvalue weighted by Gasteiger charge is -2.42. The molecule has 2 amide bonds. The summed E-state index contributed by atoms with van der Waals surface area (Å²) in [7, 11) is 1.51. The molecule has 0 saturated heterocycles. The first kappa shape index (κ1) is 22.2. The van der Waals surface area contributed by atoms with E-state index in [4.69, 9.17) is 4.74 Å². The lowest BCUT2D eigenvalue weighted by molar-refractivity contribution is -0.153. The quantitative estimate of drug-likeness (QED) is 0.613. The van der Waals surface area contributed by atoms with E-state index in [1.165, 1.54) is 23.6 Å². The molecule has 1 atom stereocenters. The van der Waals surface area contributed by atoms with Gasteiger partial charge in [0.1, 0.15) is 5.54 Å². The second-order valence-corrected chi connectivity index (χ2v) is 8.43. The molecule has 1 aliphatic heterocycles. The first-order chi connectivity index (χ1) is 15.6. The van der Waals surface area contributed by atoms with Crippen LogP contribution < -0.4 is 15.8 Å². The third kappa shape index (κ3) is 3.86. The summed E-state index contributed by atoms with van der Waals surface area (Å²) in [4.78, 5) is 52.3. The first-order valence-electron chi connectivity index (χ1n) is 10.5. The number of hydrogen-bond donors (Lipinski definition) is 1. The van der Waals surface area contributed by atoms with Crippen molar-refractivity contribution in [2.45, 2.75) is 38.8 Å². The molecule has 1 aromatic heterocycles. The van der Waals surface area contributed by atoms with Crippen LogP contribution in [-0.4, -0.2) is 39.2 Å². The first-order valence-corrected chi connectivity index (χ1v) is 10.5. The molecule has 0 spiro atoms. The predicted octanol–water partition coefficient (Wildman–Crippen LogP) is 2.17. The molecular weight excluding hydrogens is 424 g/mol. The number of fused-ring (bicyclic) bond motifs is 2. The molecule has 0 fully saturated rings. The van der Waals surface area contributed by atoms with Gasteiger partial charge >= 0.3 is 5.97 Å². The van der Waals surface area contributed by atoms with E-state index in [1.54, 1.807) is 62.4 Å². The van der Waals surface area contributed by atoms with Gasteiger partial charge in [-0.05, 0) is 39.0 Å². The minimum Gasteiger partial charge on any atom is -0.452 e. The summed E-state index contributed by atoms with van der Waals surface area (Å²) in [5, 5.41) is 8.00. The minimum atomic E-state index is -1.18. The molecule has 9 nitrogen and oxygen atoms in total. The van der Waals surface area contributed by atoms with Crippen LogP contribution in [0.4, 0.5) is 11.4 Å². The molecule has 0 saturated carbocycles. The van der Waals surface area contributed by atoms with Crippen LogP contribution in [0.1, 0.15) is 26.5 Å². The van der Waals surface area contributed by atoms with Crippen LogP contribution in [0.15, 0.2) is 53.3 Å². The minimum absolute atomic E-state index is 0.216. The number of nitrogens with one attached hydrogen (secondary N) is 1. The number of esters is 1. The van der Waals surface area contributed by atoms with Gasteiger partial charge in [0.25, 0.3) is 11.5 Å². The van der Waals surface area contributed by atoms with Crippen LogP contribution in [-0.2, 0) is 32.6 Å². The highest BCUT2D eigenvalue weighted by atomic mass is 16.5. The molecular formula is C24H24N4O5. The topological polar surface area (TPSA) is 111 Å². The molecule has 0 bridgehead atoms. The number of amides is 2. The van der Waals surface area contributed by atoms with Gasteiger partial charge in [-0.15, -0.1) is 0 Å². The van der Waals surface area contributed by atoms with Crippen LogP contribution in [0.25, 0.3) is 10.8 Å². The van der Waals surface area contributed by atoms with Crippen molar-refractivity contribution in [3.63, 3.8) is 0 Å². The summed E-state index contributed by atoms with van der Waals surface area (Å²) in [5.41, 5.74) is -0.0344. The van der Waals surface area contributed by atoms with E-state index >= 15 is 0 Å². The Labute approximate surface area is 190 Å². The van der Waals surface area contributed by atoms with Gasteiger partial charge in [0.05, 0.1) is 28.9 Å². The maximum atomic E-state index is 13.3. The van der Waals surface area contributed by atoms with Crippen LogP contribution in [0, 0.1) is 0 Å². The second-order valence-electron chi connectivity index (χ2n) is 8.43. The van der Waals surface area contributed by atoms with E-state index in [0.717, 1.165) is 0 Å². The van der Waals surface area contributed by atoms with Gasteiger partial charge < -0.3 is 10.1 Å². The SMILES string of the molecule is CC(OC(=O)Cc1nn(C)c(=O)c2ccccc12)C(=O)N1c2ccccc2NC(=O)C1(C)C. The van der Waals surface area contributed by atoms with Gasteiger partial charge in [-0.1, -0.05) is 30.3 Å². The van der Waals surface area contributed by atoms with Gasteiger partial charge in [-0.3, -0.25) is 24.1 Å². The van der Waals surface area contributed by atoms with Crippen molar-refractivity contribution in [3.05, 3.63) is 64.6 Å². The predicted molar refractivity (Wildman–Crippen MR) is 123 cm³/mol. The number of anilines is 2. The van der Waals surface area contributed by atoms with E-state index in [2.05, 4.69) is 10.4 Å². The van der Waals surface area contributed by atoms with Crippen LogP contribution >= 0.6 is 0 Å². The zero-order chi connectivity index (χ0) is 23.9. The van der Waals surface area contributed by atoms with Crippen LogP contribution in [0.2, 0.25) is 0 Å². The van der Waals surface area contributed by atoms with E-state index in [9.17, 15) is 19.2 Å². The molecule has 1 N–H and O–H groups in total. The number of carbonyl (C=O) groups is 3. The summed E-state index contributed by atoms with van der Waals surface area (Å²) < 4.78 is 6.61. The van der Waals surface area contributed by atoms with Crippen molar-refractivity contribution in [2.75, 3.05) is 10.2 Å². The maximum Gasteiger partial charge on any atom is 0.312 e. The van der Waals surface area contributed by atoms with Crippen molar-refractivity contribution in [1.29, 1.82) is 0 Å². The summed E-state index contributed by atoms with van der Waals surface area (Å²) in [6.07, 6.45) is -1.36. The summed E-state index contributed by atoms with van der Waals surface area (Å²) in [6, 6.07) is 13.8. The largest absolute Gasteiger partial charge is 0.452 e. The normalized spacial score (nSPS) is 15.5. The Morgan fingerprint density at radius 1 is 1.06 bits per heavy atom. The van der Waals surface area contributed by atoms with Gasteiger partial charge in [0, 0.05) is 12.4 Å². The van der Waals surface area contributed by atoms with E-state index < -0.39 is 23.5 Å². The molecule has 9 heteroatoms. The second kappa shape index (κ2) is 8.16. The zero-order valence-electron chi connectivity index (χ0n) is 18.8. The van der Waals surface area contributed by atoms with E-state index in [-0.39, 0.29) is 17.9 Å². The smallest absolute Gasteiger partial charge is 0.312 e. The van der Waals surface area contributed by atoms with Crippen molar-refractivity contribution >= 4 is 39.9 Å². The molecule has 3 aromatic rings. The maximum absolute atomic E-state index is 13.3. The Hall–Kier alpha value is -4.01. The average Bonchev–Trinajstić information content (AvgIpc) is 2.77. The van der Waals surface area contributed by atoms with Crippen LogP contribution in [0.5, 0.6) is 0 Å². The highest BCUT2D eigenvalue weighted by Crippen LogP contribution is 2.37. The number of rotatable bonds is 4. The lowest BCUT2D eigenvalue weighted by atomic mass is 9.95. The van der Waals surface area contributed by atoms with E-state index in [1.807, 2.05) is 0 Å². The molecule has 2 heterocycles. The van der Waals surface area contributed by atoms with Crippen molar-refractivity contribution in [2.24, 2.45) is 7.05 Å². The standard InChI is InChI=1S/C24H24N4O5/c1-14(21(30)28-19-12-8-7-11-17(19)25-23(32)24(28,2)3)33-20(29)13-18-15-9-5-6-10-16(15)22(31)27(4)26-18/h5-12,14H,13H2,1-4H3,(H,25,32).